The van der Waals surface area contributed by atoms with Gasteiger partial charge in [0.1, 0.15) is 5.51 Å². The van der Waals surface area contributed by atoms with Crippen LogP contribution in [0.5, 0.6) is 0 Å². The van der Waals surface area contributed by atoms with Gasteiger partial charge >= 0.3 is 0 Å². The fourth-order valence-electron chi connectivity index (χ4n) is 1.44. The maximum atomic E-state index is 11.9. The van der Waals surface area contributed by atoms with Crippen LogP contribution in [0.4, 0.5) is 5.13 Å². The Hall–Kier alpha value is -1.05. The normalized spacial score (nSPS) is 12.7. The molecule has 0 unspecified atom stereocenters. The molecule has 0 aliphatic heterocycles. The molecule has 1 aromatic rings. The van der Waals surface area contributed by atoms with Gasteiger partial charge in [0, 0.05) is 13.7 Å². The summed E-state index contributed by atoms with van der Waals surface area (Å²) in [6.45, 7) is 6.04. The third-order valence-corrected chi connectivity index (χ3v) is 3.11. The summed E-state index contributed by atoms with van der Waals surface area (Å²) in [7, 11) is 1.65. The molecule has 1 rings (SSSR count). The molecule has 96 valence electrons. The molecule has 0 radical (unpaired) electrons. The molecule has 0 spiro atoms. The van der Waals surface area contributed by atoms with Crippen molar-refractivity contribution in [2.24, 2.45) is 0 Å². The van der Waals surface area contributed by atoms with Crippen LogP contribution in [-0.4, -0.2) is 53.9 Å². The molecule has 0 aromatic carbocycles. The summed E-state index contributed by atoms with van der Waals surface area (Å²) in [6, 6.07) is -0.209. The van der Waals surface area contributed by atoms with Crippen molar-refractivity contribution in [1.82, 2.24) is 15.1 Å². The molecule has 17 heavy (non-hydrogen) atoms. The SMILES string of the molecule is CCN(CCOC)[C@@H](C)C(=O)Nc1nncs1. The zero-order valence-corrected chi connectivity index (χ0v) is 11.2. The molecule has 0 aliphatic carbocycles. The van der Waals surface area contributed by atoms with Crippen LogP contribution in [0.2, 0.25) is 0 Å². The summed E-state index contributed by atoms with van der Waals surface area (Å²) >= 11 is 1.31. The van der Waals surface area contributed by atoms with E-state index < -0.39 is 0 Å². The number of ether oxygens (including phenoxy) is 1. The van der Waals surface area contributed by atoms with Gasteiger partial charge in [0.05, 0.1) is 12.6 Å². The first-order chi connectivity index (χ1) is 8.19. The van der Waals surface area contributed by atoms with Crippen LogP contribution in [-0.2, 0) is 9.53 Å². The Morgan fingerprint density at radius 3 is 3.00 bits per heavy atom. The van der Waals surface area contributed by atoms with E-state index in [0.29, 0.717) is 11.7 Å². The van der Waals surface area contributed by atoms with Crippen molar-refractivity contribution in [3.63, 3.8) is 0 Å². The van der Waals surface area contributed by atoms with Gasteiger partial charge in [-0.2, -0.15) is 0 Å². The molecule has 6 nitrogen and oxygen atoms in total. The van der Waals surface area contributed by atoms with Gasteiger partial charge in [-0.1, -0.05) is 18.3 Å². The van der Waals surface area contributed by atoms with Crippen LogP contribution in [0.3, 0.4) is 0 Å². The van der Waals surface area contributed by atoms with E-state index in [1.54, 1.807) is 12.6 Å². The van der Waals surface area contributed by atoms with Crippen LogP contribution < -0.4 is 5.32 Å². The molecule has 1 heterocycles. The Balaban J connectivity index is 2.48. The Bertz CT molecular complexity index is 331. The van der Waals surface area contributed by atoms with E-state index in [-0.39, 0.29) is 11.9 Å². The van der Waals surface area contributed by atoms with E-state index in [1.807, 2.05) is 18.7 Å². The Labute approximate surface area is 105 Å². The van der Waals surface area contributed by atoms with Crippen LogP contribution >= 0.6 is 11.3 Å². The number of aromatic nitrogens is 2. The first-order valence-corrected chi connectivity index (χ1v) is 6.37. The lowest BCUT2D eigenvalue weighted by molar-refractivity contribution is -0.120. The molecule has 0 saturated carbocycles. The highest BCUT2D eigenvalue weighted by Gasteiger charge is 2.20. The quantitative estimate of drug-likeness (QED) is 0.784. The van der Waals surface area contributed by atoms with Crippen LogP contribution in [0, 0.1) is 0 Å². The average Bonchev–Trinajstić information content (AvgIpc) is 2.82. The molecule has 1 N–H and O–H groups in total. The number of rotatable bonds is 7. The molecule has 0 fully saturated rings. The molecule has 0 saturated heterocycles. The summed E-state index contributed by atoms with van der Waals surface area (Å²) in [4.78, 5) is 14.0. The molecule has 0 aliphatic rings. The molecule has 0 bridgehead atoms. The lowest BCUT2D eigenvalue weighted by atomic mass is 10.2. The molecular weight excluding hydrogens is 240 g/mol. The van der Waals surface area contributed by atoms with E-state index >= 15 is 0 Å². The number of carbonyl (C=O) groups is 1. The largest absolute Gasteiger partial charge is 0.383 e. The van der Waals surface area contributed by atoms with Crippen molar-refractivity contribution in [2.45, 2.75) is 19.9 Å². The highest BCUT2D eigenvalue weighted by molar-refractivity contribution is 7.13. The number of anilines is 1. The molecule has 1 atom stereocenters. The van der Waals surface area contributed by atoms with E-state index in [1.165, 1.54) is 11.3 Å². The van der Waals surface area contributed by atoms with Crippen molar-refractivity contribution < 1.29 is 9.53 Å². The Morgan fingerprint density at radius 2 is 2.47 bits per heavy atom. The molecular formula is C10H18N4O2S. The third-order valence-electron chi connectivity index (χ3n) is 2.51. The van der Waals surface area contributed by atoms with E-state index in [4.69, 9.17) is 4.74 Å². The van der Waals surface area contributed by atoms with Gasteiger partial charge in [0.2, 0.25) is 11.0 Å². The smallest absolute Gasteiger partial charge is 0.243 e. The van der Waals surface area contributed by atoms with Gasteiger partial charge in [-0.15, -0.1) is 10.2 Å². The topological polar surface area (TPSA) is 67.3 Å². The highest BCUT2D eigenvalue weighted by Crippen LogP contribution is 2.09. The second kappa shape index (κ2) is 7.31. The fourth-order valence-corrected chi connectivity index (χ4v) is 1.89. The predicted octanol–water partition coefficient (Wildman–Crippen LogP) is 0.833. The number of nitrogens with one attached hydrogen (secondary N) is 1. The molecule has 1 amide bonds. The lowest BCUT2D eigenvalue weighted by Crippen LogP contribution is -2.43. The number of amides is 1. The number of likely N-dealkylation sites (N-methyl/N-ethyl adjacent to an activating group) is 1. The second-order valence-corrected chi connectivity index (χ2v) is 4.36. The summed E-state index contributed by atoms with van der Waals surface area (Å²) in [5.74, 6) is -0.0697. The first kappa shape index (κ1) is 14.0. The molecule has 1 aromatic heterocycles. The van der Waals surface area contributed by atoms with Crippen LogP contribution in [0.15, 0.2) is 5.51 Å². The van der Waals surface area contributed by atoms with Crippen molar-refractivity contribution in [3.8, 4) is 0 Å². The summed E-state index contributed by atoms with van der Waals surface area (Å²) < 4.78 is 5.02. The van der Waals surface area contributed by atoms with E-state index in [2.05, 4.69) is 15.5 Å². The lowest BCUT2D eigenvalue weighted by Gasteiger charge is -2.25. The van der Waals surface area contributed by atoms with Gasteiger partial charge in [0.15, 0.2) is 0 Å². The van der Waals surface area contributed by atoms with Crippen molar-refractivity contribution in [3.05, 3.63) is 5.51 Å². The van der Waals surface area contributed by atoms with Gasteiger partial charge in [-0.05, 0) is 13.5 Å². The number of hydrogen-bond acceptors (Lipinski definition) is 6. The highest BCUT2D eigenvalue weighted by atomic mass is 32.1. The van der Waals surface area contributed by atoms with Crippen molar-refractivity contribution in [2.75, 3.05) is 32.1 Å². The minimum absolute atomic E-state index is 0.0697. The number of hydrogen-bond donors (Lipinski definition) is 1. The number of methoxy groups -OCH3 is 1. The first-order valence-electron chi connectivity index (χ1n) is 5.49. The van der Waals surface area contributed by atoms with Gasteiger partial charge < -0.3 is 4.74 Å². The predicted molar refractivity (Wildman–Crippen MR) is 67.1 cm³/mol. The summed E-state index contributed by atoms with van der Waals surface area (Å²) in [5, 5.41) is 10.7. The zero-order valence-electron chi connectivity index (χ0n) is 10.3. The maximum Gasteiger partial charge on any atom is 0.243 e. The van der Waals surface area contributed by atoms with Gasteiger partial charge in [-0.25, -0.2) is 0 Å². The minimum atomic E-state index is -0.209. The Morgan fingerprint density at radius 1 is 1.71 bits per heavy atom. The second-order valence-electron chi connectivity index (χ2n) is 3.53. The zero-order chi connectivity index (χ0) is 12.7. The Kier molecular flexibility index (Phi) is 6.03. The van der Waals surface area contributed by atoms with E-state index in [9.17, 15) is 4.79 Å². The standard InChI is InChI=1S/C10H18N4O2S/c1-4-14(5-6-16-3)8(2)9(15)12-10-13-11-7-17-10/h7-8H,4-6H2,1-3H3,(H,12,13,15)/t8-/m0/s1. The van der Waals surface area contributed by atoms with Crippen LogP contribution in [0.1, 0.15) is 13.8 Å². The summed E-state index contributed by atoms with van der Waals surface area (Å²) in [6.07, 6.45) is 0. The number of nitrogens with zero attached hydrogens (tertiary/aromatic N) is 3. The van der Waals surface area contributed by atoms with Crippen molar-refractivity contribution in [1.29, 1.82) is 0 Å². The van der Waals surface area contributed by atoms with Crippen molar-refractivity contribution >= 4 is 22.4 Å². The third kappa shape index (κ3) is 4.37. The maximum absolute atomic E-state index is 11.9. The van der Waals surface area contributed by atoms with E-state index in [0.717, 1.165) is 13.1 Å². The molecule has 7 heteroatoms. The van der Waals surface area contributed by atoms with Gasteiger partial charge in [-0.3, -0.25) is 15.0 Å². The van der Waals surface area contributed by atoms with Gasteiger partial charge in [0.25, 0.3) is 0 Å². The monoisotopic (exact) mass is 258 g/mol. The van der Waals surface area contributed by atoms with Crippen LogP contribution in [0.25, 0.3) is 0 Å². The fraction of sp³-hybridized carbons (Fsp3) is 0.700. The summed E-state index contributed by atoms with van der Waals surface area (Å²) in [5.41, 5.74) is 1.59. The average molecular weight is 258 g/mol. The minimum Gasteiger partial charge on any atom is -0.383 e. The number of carbonyl (C=O) groups excluding carboxylic acids is 1.